The summed E-state index contributed by atoms with van der Waals surface area (Å²) in [7, 11) is 0. The van der Waals surface area contributed by atoms with Crippen molar-refractivity contribution in [2.24, 2.45) is 0 Å². The standard InChI is InChI=1S/C16H21N3O2S/c1-12-10-14(13(2)21-12)16(20)19-6-3-5-18(7-8-19)11-15-17-4-9-22-15/h4,9-10H,3,5-8,11H2,1-2H3. The van der Waals surface area contributed by atoms with Crippen LogP contribution in [0.1, 0.15) is 33.3 Å². The fourth-order valence-corrected chi connectivity index (χ4v) is 3.53. The third-order valence-corrected chi connectivity index (χ3v) is 4.75. The highest BCUT2D eigenvalue weighted by atomic mass is 32.1. The number of aromatic nitrogens is 1. The first-order valence-corrected chi connectivity index (χ1v) is 8.48. The predicted molar refractivity (Wildman–Crippen MR) is 86.1 cm³/mol. The van der Waals surface area contributed by atoms with E-state index in [1.54, 1.807) is 11.3 Å². The fourth-order valence-electron chi connectivity index (χ4n) is 2.87. The maximum Gasteiger partial charge on any atom is 0.257 e. The minimum Gasteiger partial charge on any atom is -0.466 e. The Balaban J connectivity index is 1.62. The molecule has 0 unspecified atom stereocenters. The highest BCUT2D eigenvalue weighted by molar-refractivity contribution is 7.09. The van der Waals surface area contributed by atoms with Crippen LogP contribution in [-0.2, 0) is 6.54 Å². The number of hydrogen-bond acceptors (Lipinski definition) is 5. The highest BCUT2D eigenvalue weighted by Crippen LogP contribution is 2.18. The van der Waals surface area contributed by atoms with Gasteiger partial charge in [0.25, 0.3) is 5.91 Å². The summed E-state index contributed by atoms with van der Waals surface area (Å²) < 4.78 is 5.48. The molecular formula is C16H21N3O2S. The topological polar surface area (TPSA) is 49.6 Å². The number of carbonyl (C=O) groups excluding carboxylic acids is 1. The van der Waals surface area contributed by atoms with E-state index in [-0.39, 0.29) is 5.91 Å². The molecule has 0 atom stereocenters. The molecule has 3 heterocycles. The SMILES string of the molecule is Cc1cc(C(=O)N2CCCN(Cc3nccs3)CC2)c(C)o1. The maximum atomic E-state index is 12.6. The number of rotatable bonds is 3. The van der Waals surface area contributed by atoms with Crippen molar-refractivity contribution < 1.29 is 9.21 Å². The van der Waals surface area contributed by atoms with Gasteiger partial charge in [-0.15, -0.1) is 11.3 Å². The van der Waals surface area contributed by atoms with Gasteiger partial charge in [0.1, 0.15) is 16.5 Å². The molecule has 1 amide bonds. The largest absolute Gasteiger partial charge is 0.466 e. The zero-order valence-corrected chi connectivity index (χ0v) is 13.9. The van der Waals surface area contributed by atoms with Gasteiger partial charge in [-0.3, -0.25) is 9.69 Å². The van der Waals surface area contributed by atoms with Gasteiger partial charge in [0.15, 0.2) is 0 Å². The molecule has 0 saturated carbocycles. The monoisotopic (exact) mass is 319 g/mol. The molecule has 2 aromatic heterocycles. The Morgan fingerprint density at radius 2 is 2.18 bits per heavy atom. The van der Waals surface area contributed by atoms with Gasteiger partial charge in [0.2, 0.25) is 0 Å². The molecule has 1 aliphatic rings. The van der Waals surface area contributed by atoms with Gasteiger partial charge in [-0.2, -0.15) is 0 Å². The number of amides is 1. The van der Waals surface area contributed by atoms with Crippen molar-refractivity contribution in [1.29, 1.82) is 0 Å². The molecule has 118 valence electrons. The van der Waals surface area contributed by atoms with Gasteiger partial charge in [0.05, 0.1) is 12.1 Å². The lowest BCUT2D eigenvalue weighted by Crippen LogP contribution is -2.35. The number of hydrogen-bond donors (Lipinski definition) is 0. The second kappa shape index (κ2) is 6.62. The second-order valence-electron chi connectivity index (χ2n) is 5.67. The molecule has 0 radical (unpaired) electrons. The molecule has 0 aromatic carbocycles. The van der Waals surface area contributed by atoms with Crippen LogP contribution in [-0.4, -0.2) is 46.9 Å². The van der Waals surface area contributed by atoms with Crippen LogP contribution in [0.2, 0.25) is 0 Å². The van der Waals surface area contributed by atoms with Gasteiger partial charge in [0, 0.05) is 37.8 Å². The first kappa shape index (κ1) is 15.2. The van der Waals surface area contributed by atoms with Crippen molar-refractivity contribution in [2.45, 2.75) is 26.8 Å². The van der Waals surface area contributed by atoms with Crippen LogP contribution in [0.3, 0.4) is 0 Å². The smallest absolute Gasteiger partial charge is 0.257 e. The second-order valence-corrected chi connectivity index (χ2v) is 6.65. The number of furan rings is 1. The molecule has 3 rings (SSSR count). The highest BCUT2D eigenvalue weighted by Gasteiger charge is 2.23. The normalized spacial score (nSPS) is 16.7. The van der Waals surface area contributed by atoms with Crippen LogP contribution in [0.25, 0.3) is 0 Å². The Labute approximate surface area is 134 Å². The van der Waals surface area contributed by atoms with Crippen LogP contribution in [0, 0.1) is 13.8 Å². The van der Waals surface area contributed by atoms with Crippen molar-refractivity contribution in [1.82, 2.24) is 14.8 Å². The number of carbonyl (C=O) groups is 1. The molecule has 0 N–H and O–H groups in total. The van der Waals surface area contributed by atoms with Crippen LogP contribution in [0.5, 0.6) is 0 Å². The lowest BCUT2D eigenvalue weighted by Gasteiger charge is -2.21. The lowest BCUT2D eigenvalue weighted by atomic mass is 10.2. The summed E-state index contributed by atoms with van der Waals surface area (Å²) in [5, 5.41) is 3.15. The van der Waals surface area contributed by atoms with Crippen molar-refractivity contribution >= 4 is 17.2 Å². The zero-order valence-electron chi connectivity index (χ0n) is 13.0. The number of aryl methyl sites for hydroxylation is 2. The van der Waals surface area contributed by atoms with E-state index in [1.165, 1.54) is 0 Å². The molecule has 0 spiro atoms. The van der Waals surface area contributed by atoms with E-state index < -0.39 is 0 Å². The molecule has 1 aliphatic heterocycles. The van der Waals surface area contributed by atoms with Gasteiger partial charge in [-0.1, -0.05) is 0 Å². The van der Waals surface area contributed by atoms with E-state index in [0.717, 1.165) is 49.9 Å². The molecule has 5 nitrogen and oxygen atoms in total. The Hall–Kier alpha value is -1.66. The molecule has 0 aliphatic carbocycles. The molecule has 0 bridgehead atoms. The summed E-state index contributed by atoms with van der Waals surface area (Å²) in [6.07, 6.45) is 2.84. The molecule has 1 fully saturated rings. The summed E-state index contributed by atoms with van der Waals surface area (Å²) >= 11 is 1.69. The third kappa shape index (κ3) is 3.39. The average molecular weight is 319 g/mol. The van der Waals surface area contributed by atoms with Gasteiger partial charge < -0.3 is 9.32 Å². The van der Waals surface area contributed by atoms with Crippen LogP contribution >= 0.6 is 11.3 Å². The van der Waals surface area contributed by atoms with E-state index in [0.29, 0.717) is 11.3 Å². The van der Waals surface area contributed by atoms with E-state index in [1.807, 2.05) is 36.4 Å². The summed E-state index contributed by atoms with van der Waals surface area (Å²) in [6.45, 7) is 8.07. The molecular weight excluding hydrogens is 298 g/mol. The predicted octanol–water partition coefficient (Wildman–Crippen LogP) is 2.70. The van der Waals surface area contributed by atoms with Crippen LogP contribution in [0.4, 0.5) is 0 Å². The number of nitrogens with zero attached hydrogens (tertiary/aromatic N) is 3. The minimum absolute atomic E-state index is 0.0884. The van der Waals surface area contributed by atoms with Crippen molar-refractivity contribution in [3.63, 3.8) is 0 Å². The Kier molecular flexibility index (Phi) is 4.59. The van der Waals surface area contributed by atoms with Gasteiger partial charge in [-0.05, 0) is 26.3 Å². The quantitative estimate of drug-likeness (QED) is 0.873. The van der Waals surface area contributed by atoms with Gasteiger partial charge >= 0.3 is 0 Å². The maximum absolute atomic E-state index is 12.6. The van der Waals surface area contributed by atoms with E-state index in [2.05, 4.69) is 9.88 Å². The van der Waals surface area contributed by atoms with Crippen LogP contribution in [0.15, 0.2) is 22.1 Å². The zero-order chi connectivity index (χ0) is 15.5. The summed E-state index contributed by atoms with van der Waals surface area (Å²) in [6, 6.07) is 1.84. The summed E-state index contributed by atoms with van der Waals surface area (Å²) in [4.78, 5) is 21.3. The fraction of sp³-hybridized carbons (Fsp3) is 0.500. The Morgan fingerprint density at radius 3 is 2.86 bits per heavy atom. The van der Waals surface area contributed by atoms with Crippen LogP contribution < -0.4 is 0 Å². The molecule has 2 aromatic rings. The van der Waals surface area contributed by atoms with Crippen molar-refractivity contribution in [2.75, 3.05) is 26.2 Å². The van der Waals surface area contributed by atoms with E-state index in [9.17, 15) is 4.79 Å². The van der Waals surface area contributed by atoms with E-state index in [4.69, 9.17) is 4.42 Å². The minimum atomic E-state index is 0.0884. The number of thiazole rings is 1. The average Bonchev–Trinajstić information content (AvgIpc) is 3.03. The lowest BCUT2D eigenvalue weighted by molar-refractivity contribution is 0.0759. The van der Waals surface area contributed by atoms with E-state index >= 15 is 0 Å². The molecule has 6 heteroatoms. The molecule has 22 heavy (non-hydrogen) atoms. The van der Waals surface area contributed by atoms with Crippen molar-refractivity contribution in [3.05, 3.63) is 39.7 Å². The van der Waals surface area contributed by atoms with Crippen molar-refractivity contribution in [3.8, 4) is 0 Å². The first-order valence-electron chi connectivity index (χ1n) is 7.60. The Morgan fingerprint density at radius 1 is 1.32 bits per heavy atom. The van der Waals surface area contributed by atoms with Gasteiger partial charge in [-0.25, -0.2) is 4.98 Å². The summed E-state index contributed by atoms with van der Waals surface area (Å²) in [5.41, 5.74) is 0.700. The Bertz CT molecular complexity index is 636. The summed E-state index contributed by atoms with van der Waals surface area (Å²) in [5.74, 6) is 1.60. The first-order chi connectivity index (χ1) is 10.6. The third-order valence-electron chi connectivity index (χ3n) is 3.99. The molecule has 1 saturated heterocycles.